The number of hydrogen-bond donors (Lipinski definition) is 3. The van der Waals surface area contributed by atoms with E-state index in [0.29, 0.717) is 61.1 Å². The molecule has 43 heavy (non-hydrogen) atoms. The first-order chi connectivity index (χ1) is 20.9. The third-order valence-corrected chi connectivity index (χ3v) is 6.90. The van der Waals surface area contributed by atoms with Crippen molar-refractivity contribution in [2.45, 2.75) is 44.9 Å². The second-order valence-electron chi connectivity index (χ2n) is 10.2. The molecule has 0 aliphatic rings. The molecule has 10 heteroatoms. The minimum absolute atomic E-state index is 0.0452. The Hall–Kier alpha value is -3.60. The predicted molar refractivity (Wildman–Crippen MR) is 171 cm³/mol. The van der Waals surface area contributed by atoms with Gasteiger partial charge in [0.05, 0.1) is 27.9 Å². The van der Waals surface area contributed by atoms with E-state index in [2.05, 4.69) is 10.2 Å². The van der Waals surface area contributed by atoms with Gasteiger partial charge in [-0.15, -0.1) is 0 Å². The van der Waals surface area contributed by atoms with E-state index in [1.807, 2.05) is 24.3 Å². The predicted octanol–water partition coefficient (Wildman–Crippen LogP) is 4.05. The fourth-order valence-corrected chi connectivity index (χ4v) is 4.50. The van der Waals surface area contributed by atoms with E-state index >= 15 is 0 Å². The topological polar surface area (TPSA) is 138 Å². The first-order valence-electron chi connectivity index (χ1n) is 15.1. The zero-order chi connectivity index (χ0) is 31.3. The van der Waals surface area contributed by atoms with Gasteiger partial charge in [0, 0.05) is 18.5 Å². The van der Waals surface area contributed by atoms with Crippen molar-refractivity contribution in [3.05, 3.63) is 53.6 Å². The molecule has 1 amide bonds. The number of rotatable bonds is 23. The van der Waals surface area contributed by atoms with Crippen LogP contribution >= 0.6 is 0 Å². The Balaban J connectivity index is 1.67. The van der Waals surface area contributed by atoms with Gasteiger partial charge in [0.1, 0.15) is 5.75 Å². The van der Waals surface area contributed by atoms with Crippen molar-refractivity contribution in [3.8, 4) is 23.0 Å². The van der Waals surface area contributed by atoms with Gasteiger partial charge in [0.2, 0.25) is 11.7 Å². The molecule has 2 rings (SSSR count). The number of carbonyl (C=O) groups excluding carboxylic acids is 2. The number of hydrogen-bond acceptors (Lipinski definition) is 9. The van der Waals surface area contributed by atoms with Crippen molar-refractivity contribution in [2.75, 3.05) is 67.2 Å². The normalized spacial score (nSPS) is 11.1. The molecule has 0 spiro atoms. The largest absolute Gasteiger partial charge is 0.494 e. The molecular formula is C33H50N4O6. The number of amides is 1. The van der Waals surface area contributed by atoms with Gasteiger partial charge in [-0.05, 0) is 107 Å². The zero-order valence-corrected chi connectivity index (χ0v) is 26.1. The summed E-state index contributed by atoms with van der Waals surface area (Å²) in [5.74, 6) is 1.83. The van der Waals surface area contributed by atoms with E-state index < -0.39 is 0 Å². The van der Waals surface area contributed by atoms with Crippen molar-refractivity contribution >= 4 is 17.8 Å². The molecule has 0 aliphatic heterocycles. The highest BCUT2D eigenvalue weighted by atomic mass is 16.5. The van der Waals surface area contributed by atoms with Crippen molar-refractivity contribution in [1.29, 1.82) is 0 Å². The highest BCUT2D eigenvalue weighted by molar-refractivity contribution is 6.07. The number of carbonyl (C=O) groups is 2. The van der Waals surface area contributed by atoms with Crippen LogP contribution in [0.5, 0.6) is 23.0 Å². The monoisotopic (exact) mass is 598 g/mol. The lowest BCUT2D eigenvalue weighted by molar-refractivity contribution is -0.121. The van der Waals surface area contributed by atoms with E-state index in [4.69, 9.17) is 30.4 Å². The highest BCUT2D eigenvalue weighted by Crippen LogP contribution is 2.38. The van der Waals surface area contributed by atoms with Crippen LogP contribution in [0.1, 0.15) is 60.9 Å². The van der Waals surface area contributed by atoms with Crippen molar-refractivity contribution < 1.29 is 28.5 Å². The van der Waals surface area contributed by atoms with Crippen LogP contribution in [0.3, 0.4) is 0 Å². The molecule has 10 nitrogen and oxygen atoms in total. The first kappa shape index (κ1) is 35.6. The summed E-state index contributed by atoms with van der Waals surface area (Å²) in [7, 11) is 4.53. The summed E-state index contributed by atoms with van der Waals surface area (Å²) >= 11 is 0. The number of benzene rings is 2. The Labute approximate surface area is 256 Å². The Morgan fingerprint density at radius 1 is 0.814 bits per heavy atom. The molecule has 2 aromatic rings. The van der Waals surface area contributed by atoms with E-state index in [9.17, 15) is 9.59 Å². The average molecular weight is 599 g/mol. The minimum Gasteiger partial charge on any atom is -0.494 e. The van der Waals surface area contributed by atoms with Crippen molar-refractivity contribution in [1.82, 2.24) is 10.2 Å². The Morgan fingerprint density at radius 2 is 1.44 bits per heavy atom. The first-order valence-corrected chi connectivity index (χ1v) is 15.1. The van der Waals surface area contributed by atoms with Gasteiger partial charge in [-0.3, -0.25) is 9.59 Å². The number of nitrogens with one attached hydrogen (secondary N) is 1. The van der Waals surface area contributed by atoms with E-state index in [1.54, 1.807) is 18.2 Å². The Morgan fingerprint density at radius 3 is 2.05 bits per heavy atom. The molecule has 0 fully saturated rings. The lowest BCUT2D eigenvalue weighted by Gasteiger charge is -2.22. The van der Waals surface area contributed by atoms with Crippen LogP contribution in [0.2, 0.25) is 0 Å². The number of nitrogens with zero attached hydrogens (tertiary/aromatic N) is 1. The maximum Gasteiger partial charge on any atom is 0.220 e. The molecule has 0 aromatic heterocycles. The average Bonchev–Trinajstić information content (AvgIpc) is 3.03. The maximum atomic E-state index is 12.7. The fourth-order valence-electron chi connectivity index (χ4n) is 4.50. The molecule has 0 unspecified atom stereocenters. The van der Waals surface area contributed by atoms with Crippen LogP contribution < -0.4 is 35.7 Å². The number of methoxy groups -OCH3 is 3. The molecule has 238 valence electrons. The zero-order valence-electron chi connectivity index (χ0n) is 26.1. The van der Waals surface area contributed by atoms with Crippen LogP contribution in [-0.4, -0.2) is 83.8 Å². The van der Waals surface area contributed by atoms with Gasteiger partial charge in [-0.25, -0.2) is 0 Å². The molecule has 0 aliphatic carbocycles. The van der Waals surface area contributed by atoms with Crippen LogP contribution in [0.4, 0.5) is 0 Å². The Kier molecular flexibility index (Phi) is 17.5. The summed E-state index contributed by atoms with van der Waals surface area (Å²) in [6.45, 7) is 5.66. The molecule has 5 N–H and O–H groups in total. The van der Waals surface area contributed by atoms with Gasteiger partial charge in [-0.1, -0.05) is 18.2 Å². The standard InChI is InChI=1S/C33H50N4O6/c1-40-30-24-27(25-31(41-2)33(30)42-3)29(38)16-13-26-11-14-28(15-12-26)43-23-8-10-32(39)36-19-5-7-21-37(22-9-18-35)20-6-4-17-34/h11-16,24-25H,4-10,17-23,34-35H2,1-3H3,(H,36,39)/b16-13+. The second kappa shape index (κ2) is 21.1. The van der Waals surface area contributed by atoms with Gasteiger partial charge in [0.25, 0.3) is 0 Å². The van der Waals surface area contributed by atoms with Gasteiger partial charge >= 0.3 is 0 Å². The molecule has 0 heterocycles. The third kappa shape index (κ3) is 13.5. The molecule has 0 atom stereocenters. The highest BCUT2D eigenvalue weighted by Gasteiger charge is 2.15. The minimum atomic E-state index is -0.194. The molecule has 0 saturated carbocycles. The quantitative estimate of drug-likeness (QED) is 0.0982. The number of allylic oxidation sites excluding steroid dienone is 1. The van der Waals surface area contributed by atoms with Crippen LogP contribution in [0, 0.1) is 0 Å². The fraction of sp³-hybridized carbons (Fsp3) is 0.515. The summed E-state index contributed by atoms with van der Waals surface area (Å²) < 4.78 is 21.8. The van der Waals surface area contributed by atoms with E-state index in [0.717, 1.165) is 63.8 Å². The Bertz CT molecular complexity index is 1100. The number of unbranched alkanes of at least 4 members (excludes halogenated alkanes) is 2. The van der Waals surface area contributed by atoms with Crippen LogP contribution in [0.25, 0.3) is 6.08 Å². The smallest absolute Gasteiger partial charge is 0.220 e. The lowest BCUT2D eigenvalue weighted by Crippen LogP contribution is -2.30. The molecule has 0 bridgehead atoms. The van der Waals surface area contributed by atoms with E-state index in [-0.39, 0.29) is 11.7 Å². The molecule has 2 aromatic carbocycles. The van der Waals surface area contributed by atoms with Crippen molar-refractivity contribution in [3.63, 3.8) is 0 Å². The van der Waals surface area contributed by atoms with Gasteiger partial charge in [-0.2, -0.15) is 0 Å². The van der Waals surface area contributed by atoms with Crippen LogP contribution in [0.15, 0.2) is 42.5 Å². The summed E-state index contributed by atoms with van der Waals surface area (Å²) in [5.41, 5.74) is 12.5. The second-order valence-corrected chi connectivity index (χ2v) is 10.2. The van der Waals surface area contributed by atoms with Gasteiger partial charge in [0.15, 0.2) is 17.3 Å². The summed E-state index contributed by atoms with van der Waals surface area (Å²) in [6.07, 6.45) is 9.44. The maximum absolute atomic E-state index is 12.7. The number of nitrogens with two attached hydrogens (primary N) is 2. The molecular weight excluding hydrogens is 548 g/mol. The number of ketones is 1. The molecule has 0 radical (unpaired) electrons. The third-order valence-electron chi connectivity index (χ3n) is 6.90. The van der Waals surface area contributed by atoms with E-state index in [1.165, 1.54) is 27.4 Å². The summed E-state index contributed by atoms with van der Waals surface area (Å²) in [4.78, 5) is 27.4. The SMILES string of the molecule is COc1cc(C(=O)/C=C/c2ccc(OCCCC(=O)NCCCCN(CCCN)CCCCN)cc2)cc(OC)c1OC. The van der Waals surface area contributed by atoms with Crippen molar-refractivity contribution in [2.24, 2.45) is 11.5 Å². The number of ether oxygens (including phenoxy) is 4. The van der Waals surface area contributed by atoms with Gasteiger partial charge < -0.3 is 40.6 Å². The summed E-state index contributed by atoms with van der Waals surface area (Å²) in [6, 6.07) is 10.7. The lowest BCUT2D eigenvalue weighted by atomic mass is 10.1. The molecule has 0 saturated heterocycles. The van der Waals surface area contributed by atoms with Crippen LogP contribution in [-0.2, 0) is 4.79 Å². The summed E-state index contributed by atoms with van der Waals surface area (Å²) in [5, 5.41) is 3.01.